The summed E-state index contributed by atoms with van der Waals surface area (Å²) in [4.78, 5) is 26.8. The topological polar surface area (TPSA) is 70.6 Å². The Morgan fingerprint density at radius 1 is 1.12 bits per heavy atom. The molecular formula is C26H32ClN5O2. The molecule has 0 saturated carbocycles. The Labute approximate surface area is 206 Å². The highest BCUT2D eigenvalue weighted by Gasteiger charge is 2.17. The number of carbonyl (C=O) groups excluding carboxylic acids is 1. The van der Waals surface area contributed by atoms with Crippen LogP contribution in [0.2, 0.25) is 5.02 Å². The van der Waals surface area contributed by atoms with E-state index in [-0.39, 0.29) is 5.91 Å². The number of rotatable bonds is 10. The summed E-state index contributed by atoms with van der Waals surface area (Å²) in [6.07, 6.45) is 1.35. The summed E-state index contributed by atoms with van der Waals surface area (Å²) in [6.45, 7) is 8.40. The van der Waals surface area contributed by atoms with Crippen molar-refractivity contribution in [2.75, 3.05) is 57.4 Å². The number of nitrogens with zero attached hydrogens (tertiary/aromatic N) is 4. The normalized spacial score (nSPS) is 14.3. The Bertz CT molecular complexity index is 1090. The first-order valence-electron chi connectivity index (χ1n) is 12.0. The molecule has 4 rings (SSSR count). The first-order chi connectivity index (χ1) is 16.6. The molecule has 1 amide bonds. The number of hydrogen-bond acceptors (Lipinski definition) is 6. The van der Waals surface area contributed by atoms with Crippen molar-refractivity contribution in [1.29, 1.82) is 0 Å². The standard InChI is InChI=1S/C26H32ClN5O2/c1-2-12-32(13-10-24(33)28-11-14-31-15-17-34-18-16-31)26-22-9-8-21(27)19-23(22)29-25(30-26)20-6-4-3-5-7-20/h3-9,19H,2,10-18H2,1H3,(H,28,33). The van der Waals surface area contributed by atoms with Crippen molar-refractivity contribution in [3.8, 4) is 11.4 Å². The van der Waals surface area contributed by atoms with Gasteiger partial charge in [0.1, 0.15) is 5.82 Å². The molecule has 8 heteroatoms. The van der Waals surface area contributed by atoms with E-state index in [0.29, 0.717) is 30.4 Å². The lowest BCUT2D eigenvalue weighted by atomic mass is 10.1. The van der Waals surface area contributed by atoms with Crippen LogP contribution in [-0.4, -0.2) is 73.3 Å². The van der Waals surface area contributed by atoms with Gasteiger partial charge in [-0.1, -0.05) is 48.9 Å². The minimum absolute atomic E-state index is 0.0547. The predicted octanol–water partition coefficient (Wildman–Crippen LogP) is 4.01. The first-order valence-corrected chi connectivity index (χ1v) is 12.4. The van der Waals surface area contributed by atoms with Crippen molar-refractivity contribution >= 4 is 34.2 Å². The highest BCUT2D eigenvalue weighted by Crippen LogP contribution is 2.29. The summed E-state index contributed by atoms with van der Waals surface area (Å²) in [7, 11) is 0. The number of halogens is 1. The van der Waals surface area contributed by atoms with E-state index in [9.17, 15) is 4.79 Å². The third-order valence-electron chi connectivity index (χ3n) is 5.93. The lowest BCUT2D eigenvalue weighted by Gasteiger charge is -2.27. The zero-order valence-electron chi connectivity index (χ0n) is 19.7. The molecule has 0 radical (unpaired) electrons. The molecule has 0 spiro atoms. The summed E-state index contributed by atoms with van der Waals surface area (Å²) in [5.74, 6) is 1.55. The van der Waals surface area contributed by atoms with Crippen LogP contribution in [0.3, 0.4) is 0 Å². The van der Waals surface area contributed by atoms with Crippen LogP contribution in [0.25, 0.3) is 22.3 Å². The molecule has 0 bridgehead atoms. The van der Waals surface area contributed by atoms with Gasteiger partial charge < -0.3 is 15.0 Å². The van der Waals surface area contributed by atoms with Gasteiger partial charge in [0, 0.05) is 61.7 Å². The van der Waals surface area contributed by atoms with Gasteiger partial charge in [0.2, 0.25) is 5.91 Å². The number of carbonyl (C=O) groups is 1. The maximum Gasteiger partial charge on any atom is 0.221 e. The van der Waals surface area contributed by atoms with Crippen LogP contribution >= 0.6 is 11.6 Å². The molecule has 1 saturated heterocycles. The lowest BCUT2D eigenvalue weighted by molar-refractivity contribution is -0.121. The average molecular weight is 482 g/mol. The van der Waals surface area contributed by atoms with E-state index in [0.717, 1.165) is 68.1 Å². The molecule has 1 N–H and O–H groups in total. The van der Waals surface area contributed by atoms with Crippen LogP contribution in [0.1, 0.15) is 19.8 Å². The van der Waals surface area contributed by atoms with Crippen LogP contribution < -0.4 is 10.2 Å². The smallest absolute Gasteiger partial charge is 0.221 e. The van der Waals surface area contributed by atoms with Crippen LogP contribution in [0.4, 0.5) is 5.82 Å². The SMILES string of the molecule is CCCN(CCC(=O)NCCN1CCOCC1)c1nc(-c2ccccc2)nc2cc(Cl)ccc12. The van der Waals surface area contributed by atoms with E-state index in [1.54, 1.807) is 0 Å². The first kappa shape index (κ1) is 24.4. The summed E-state index contributed by atoms with van der Waals surface area (Å²) in [6, 6.07) is 15.6. The largest absolute Gasteiger partial charge is 0.379 e. The third-order valence-corrected chi connectivity index (χ3v) is 6.16. The molecule has 0 atom stereocenters. The molecule has 0 unspecified atom stereocenters. The Morgan fingerprint density at radius 2 is 1.91 bits per heavy atom. The van der Waals surface area contributed by atoms with Gasteiger partial charge >= 0.3 is 0 Å². The van der Waals surface area contributed by atoms with E-state index >= 15 is 0 Å². The number of hydrogen-bond donors (Lipinski definition) is 1. The quantitative estimate of drug-likeness (QED) is 0.472. The molecule has 7 nitrogen and oxygen atoms in total. The molecular weight excluding hydrogens is 450 g/mol. The van der Waals surface area contributed by atoms with Gasteiger partial charge in [0.25, 0.3) is 0 Å². The van der Waals surface area contributed by atoms with Crippen LogP contribution in [-0.2, 0) is 9.53 Å². The zero-order chi connectivity index (χ0) is 23.8. The van der Waals surface area contributed by atoms with Gasteiger partial charge in [0.05, 0.1) is 18.7 Å². The Hall–Kier alpha value is -2.74. The highest BCUT2D eigenvalue weighted by molar-refractivity contribution is 6.31. The number of ether oxygens (including phenoxy) is 1. The van der Waals surface area contributed by atoms with Gasteiger partial charge in [-0.25, -0.2) is 9.97 Å². The van der Waals surface area contributed by atoms with Crippen molar-refractivity contribution < 1.29 is 9.53 Å². The van der Waals surface area contributed by atoms with Gasteiger partial charge in [-0.15, -0.1) is 0 Å². The molecule has 3 aromatic rings. The highest BCUT2D eigenvalue weighted by atomic mass is 35.5. The number of aromatic nitrogens is 2. The maximum atomic E-state index is 12.6. The molecule has 180 valence electrons. The second kappa shape index (κ2) is 12.1. The number of benzene rings is 2. The van der Waals surface area contributed by atoms with Crippen molar-refractivity contribution in [3.63, 3.8) is 0 Å². The molecule has 34 heavy (non-hydrogen) atoms. The Kier molecular flexibility index (Phi) is 8.68. The predicted molar refractivity (Wildman–Crippen MR) is 137 cm³/mol. The second-order valence-corrected chi connectivity index (χ2v) is 8.88. The van der Waals surface area contributed by atoms with Gasteiger partial charge in [0.15, 0.2) is 5.82 Å². The second-order valence-electron chi connectivity index (χ2n) is 8.44. The van der Waals surface area contributed by atoms with E-state index < -0.39 is 0 Å². The van der Waals surface area contributed by atoms with E-state index in [4.69, 9.17) is 26.3 Å². The van der Waals surface area contributed by atoms with E-state index in [1.807, 2.05) is 48.5 Å². The number of anilines is 1. The van der Waals surface area contributed by atoms with Crippen molar-refractivity contribution in [2.24, 2.45) is 0 Å². The van der Waals surface area contributed by atoms with Crippen LogP contribution in [0.5, 0.6) is 0 Å². The summed E-state index contributed by atoms with van der Waals surface area (Å²) in [5, 5.41) is 4.63. The van der Waals surface area contributed by atoms with Crippen LogP contribution in [0, 0.1) is 0 Å². The minimum Gasteiger partial charge on any atom is -0.379 e. The van der Waals surface area contributed by atoms with Gasteiger partial charge in [-0.05, 0) is 24.6 Å². The zero-order valence-corrected chi connectivity index (χ0v) is 20.4. The molecule has 1 aliphatic heterocycles. The fourth-order valence-corrected chi connectivity index (χ4v) is 4.31. The summed E-state index contributed by atoms with van der Waals surface area (Å²) < 4.78 is 5.38. The van der Waals surface area contributed by atoms with Gasteiger partial charge in [-0.2, -0.15) is 0 Å². The average Bonchev–Trinajstić information content (AvgIpc) is 2.87. The molecule has 2 aromatic carbocycles. The fraction of sp³-hybridized carbons (Fsp3) is 0.423. The molecule has 1 aliphatic rings. The monoisotopic (exact) mass is 481 g/mol. The number of nitrogens with one attached hydrogen (secondary N) is 1. The Morgan fingerprint density at radius 3 is 2.68 bits per heavy atom. The van der Waals surface area contributed by atoms with E-state index in [2.05, 4.69) is 22.0 Å². The van der Waals surface area contributed by atoms with Crippen molar-refractivity contribution in [1.82, 2.24) is 20.2 Å². The van der Waals surface area contributed by atoms with Crippen molar-refractivity contribution in [2.45, 2.75) is 19.8 Å². The van der Waals surface area contributed by atoms with Crippen molar-refractivity contribution in [3.05, 3.63) is 53.6 Å². The number of amides is 1. The maximum absolute atomic E-state index is 12.6. The van der Waals surface area contributed by atoms with E-state index in [1.165, 1.54) is 0 Å². The number of fused-ring (bicyclic) bond motifs is 1. The molecule has 2 heterocycles. The molecule has 1 fully saturated rings. The third kappa shape index (κ3) is 6.44. The van der Waals surface area contributed by atoms with Crippen LogP contribution in [0.15, 0.2) is 48.5 Å². The number of morpholine rings is 1. The molecule has 1 aromatic heterocycles. The molecule has 0 aliphatic carbocycles. The Balaban J connectivity index is 1.49. The lowest BCUT2D eigenvalue weighted by Crippen LogP contribution is -2.41. The minimum atomic E-state index is 0.0547. The van der Waals surface area contributed by atoms with Gasteiger partial charge in [-0.3, -0.25) is 9.69 Å². The summed E-state index contributed by atoms with van der Waals surface area (Å²) in [5.41, 5.74) is 1.75. The summed E-state index contributed by atoms with van der Waals surface area (Å²) >= 11 is 6.28. The fourth-order valence-electron chi connectivity index (χ4n) is 4.14.